The van der Waals surface area contributed by atoms with Gasteiger partial charge in [0.05, 0.1) is 5.52 Å². The molecule has 0 bridgehead atoms. The van der Waals surface area contributed by atoms with Gasteiger partial charge in [-0.25, -0.2) is 0 Å². The summed E-state index contributed by atoms with van der Waals surface area (Å²) < 4.78 is 0. The Kier molecular flexibility index (Phi) is 2.79. The Morgan fingerprint density at radius 2 is 2.18 bits per heavy atom. The second-order valence-corrected chi connectivity index (χ2v) is 4.82. The van der Waals surface area contributed by atoms with Crippen molar-refractivity contribution in [3.05, 3.63) is 42.1 Å². The molecule has 1 aromatic carbocycles. The quantitative estimate of drug-likeness (QED) is 0.623. The number of benzene rings is 1. The highest BCUT2D eigenvalue weighted by atomic mass is 15.2. The van der Waals surface area contributed by atoms with Gasteiger partial charge in [-0.05, 0) is 30.0 Å². The van der Waals surface area contributed by atoms with Gasteiger partial charge in [0.1, 0.15) is 0 Å². The Bertz CT molecular complexity index is 514. The molecule has 3 heteroatoms. The molecule has 0 saturated heterocycles. The summed E-state index contributed by atoms with van der Waals surface area (Å²) in [5, 5.41) is 1.21. The molecule has 1 aliphatic carbocycles. The van der Waals surface area contributed by atoms with E-state index >= 15 is 0 Å². The SMILES string of the molecule is NNC(CC1CC1)c1cccc2ncccc12. The van der Waals surface area contributed by atoms with Gasteiger partial charge < -0.3 is 0 Å². The molecule has 0 aliphatic heterocycles. The summed E-state index contributed by atoms with van der Waals surface area (Å²) in [5.41, 5.74) is 5.27. The van der Waals surface area contributed by atoms with Crippen LogP contribution in [-0.2, 0) is 0 Å². The van der Waals surface area contributed by atoms with Crippen LogP contribution >= 0.6 is 0 Å². The Hall–Kier alpha value is -1.45. The number of hydrogen-bond acceptors (Lipinski definition) is 3. The summed E-state index contributed by atoms with van der Waals surface area (Å²) in [5.74, 6) is 6.55. The van der Waals surface area contributed by atoms with Crippen molar-refractivity contribution < 1.29 is 0 Å². The van der Waals surface area contributed by atoms with Gasteiger partial charge in [-0.15, -0.1) is 0 Å². The first kappa shape index (κ1) is 10.7. The first-order valence-corrected chi connectivity index (χ1v) is 6.18. The summed E-state index contributed by atoms with van der Waals surface area (Å²) in [6.07, 6.45) is 5.66. The molecule has 0 amide bonds. The van der Waals surface area contributed by atoms with E-state index < -0.39 is 0 Å². The molecule has 3 rings (SSSR count). The van der Waals surface area contributed by atoms with Crippen molar-refractivity contribution in [1.82, 2.24) is 10.4 Å². The molecule has 1 atom stereocenters. The predicted octanol–water partition coefficient (Wildman–Crippen LogP) is 2.54. The van der Waals surface area contributed by atoms with Crippen molar-refractivity contribution in [2.24, 2.45) is 11.8 Å². The normalized spacial score (nSPS) is 17.2. The van der Waals surface area contributed by atoms with Crippen LogP contribution in [0.15, 0.2) is 36.5 Å². The summed E-state index contributed by atoms with van der Waals surface area (Å²) >= 11 is 0. The number of hydrazine groups is 1. The van der Waals surface area contributed by atoms with Crippen LogP contribution in [0.4, 0.5) is 0 Å². The van der Waals surface area contributed by atoms with Crippen LogP contribution in [0.5, 0.6) is 0 Å². The summed E-state index contributed by atoms with van der Waals surface area (Å²) in [6, 6.07) is 10.6. The third kappa shape index (κ3) is 2.16. The maximum Gasteiger partial charge on any atom is 0.0705 e. The topological polar surface area (TPSA) is 50.9 Å². The lowest BCUT2D eigenvalue weighted by molar-refractivity contribution is 0.490. The van der Waals surface area contributed by atoms with Crippen molar-refractivity contribution in [1.29, 1.82) is 0 Å². The van der Waals surface area contributed by atoms with E-state index in [4.69, 9.17) is 5.84 Å². The third-order valence-electron chi connectivity index (χ3n) is 3.52. The number of nitrogens with two attached hydrogens (primary N) is 1. The molecular formula is C14H17N3. The third-order valence-corrected chi connectivity index (χ3v) is 3.52. The Labute approximate surface area is 101 Å². The molecular weight excluding hydrogens is 210 g/mol. The average molecular weight is 227 g/mol. The van der Waals surface area contributed by atoms with Crippen LogP contribution < -0.4 is 11.3 Å². The standard InChI is InChI=1S/C14H17N3/c15-17-14(9-10-6-7-10)12-3-1-5-13-11(12)4-2-8-16-13/h1-5,8,10,14,17H,6-7,9,15H2. The van der Waals surface area contributed by atoms with Crippen LogP contribution in [0.3, 0.4) is 0 Å². The highest BCUT2D eigenvalue weighted by molar-refractivity contribution is 5.82. The summed E-state index contributed by atoms with van der Waals surface area (Å²) in [7, 11) is 0. The molecule has 3 N–H and O–H groups in total. The lowest BCUT2D eigenvalue weighted by Crippen LogP contribution is -2.28. The van der Waals surface area contributed by atoms with Crippen LogP contribution in [0.2, 0.25) is 0 Å². The zero-order valence-corrected chi connectivity index (χ0v) is 9.76. The van der Waals surface area contributed by atoms with Crippen LogP contribution in [0.1, 0.15) is 30.9 Å². The Morgan fingerprint density at radius 3 is 2.94 bits per heavy atom. The van der Waals surface area contributed by atoms with Gasteiger partial charge in [0.25, 0.3) is 0 Å². The molecule has 1 aromatic heterocycles. The molecule has 1 aliphatic rings. The molecule has 2 aromatic rings. The molecule has 0 spiro atoms. The number of nitrogens with one attached hydrogen (secondary N) is 1. The van der Waals surface area contributed by atoms with E-state index in [9.17, 15) is 0 Å². The smallest absolute Gasteiger partial charge is 0.0705 e. The minimum absolute atomic E-state index is 0.246. The number of fused-ring (bicyclic) bond motifs is 1. The van der Waals surface area contributed by atoms with E-state index in [1.807, 2.05) is 18.3 Å². The van der Waals surface area contributed by atoms with Gasteiger partial charge >= 0.3 is 0 Å². The van der Waals surface area contributed by atoms with Crippen molar-refractivity contribution in [3.63, 3.8) is 0 Å². The number of pyridine rings is 1. The second-order valence-electron chi connectivity index (χ2n) is 4.82. The van der Waals surface area contributed by atoms with E-state index in [1.54, 1.807) is 0 Å². The van der Waals surface area contributed by atoms with Gasteiger partial charge in [-0.3, -0.25) is 16.3 Å². The molecule has 88 valence electrons. The van der Waals surface area contributed by atoms with E-state index in [-0.39, 0.29) is 6.04 Å². The van der Waals surface area contributed by atoms with E-state index in [0.29, 0.717) is 0 Å². The van der Waals surface area contributed by atoms with Gasteiger partial charge in [-0.2, -0.15) is 0 Å². The second kappa shape index (κ2) is 4.43. The lowest BCUT2D eigenvalue weighted by Gasteiger charge is -2.17. The minimum Gasteiger partial charge on any atom is -0.271 e. The monoisotopic (exact) mass is 227 g/mol. The Morgan fingerprint density at radius 1 is 1.29 bits per heavy atom. The van der Waals surface area contributed by atoms with Crippen molar-refractivity contribution in [3.8, 4) is 0 Å². The number of aromatic nitrogens is 1. The number of rotatable bonds is 4. The van der Waals surface area contributed by atoms with Crippen LogP contribution in [-0.4, -0.2) is 4.98 Å². The van der Waals surface area contributed by atoms with Gasteiger partial charge in [0.15, 0.2) is 0 Å². The number of hydrogen-bond donors (Lipinski definition) is 2. The molecule has 17 heavy (non-hydrogen) atoms. The fourth-order valence-electron chi connectivity index (χ4n) is 2.40. The highest BCUT2D eigenvalue weighted by Gasteiger charge is 2.26. The first-order valence-electron chi connectivity index (χ1n) is 6.18. The maximum atomic E-state index is 5.70. The van der Waals surface area contributed by atoms with Crippen molar-refractivity contribution >= 4 is 10.9 Å². The van der Waals surface area contributed by atoms with Crippen molar-refractivity contribution in [2.45, 2.75) is 25.3 Å². The largest absolute Gasteiger partial charge is 0.271 e. The summed E-state index contributed by atoms with van der Waals surface area (Å²) in [4.78, 5) is 4.38. The first-order chi connectivity index (χ1) is 8.38. The van der Waals surface area contributed by atoms with Crippen LogP contribution in [0.25, 0.3) is 10.9 Å². The zero-order chi connectivity index (χ0) is 11.7. The fraction of sp³-hybridized carbons (Fsp3) is 0.357. The lowest BCUT2D eigenvalue weighted by atomic mass is 9.97. The molecule has 1 unspecified atom stereocenters. The van der Waals surface area contributed by atoms with Gasteiger partial charge in [-0.1, -0.05) is 31.0 Å². The maximum absolute atomic E-state index is 5.70. The molecule has 1 saturated carbocycles. The average Bonchev–Trinajstić information content (AvgIpc) is 3.19. The number of nitrogens with zero attached hydrogens (tertiary/aromatic N) is 1. The van der Waals surface area contributed by atoms with E-state index in [0.717, 1.165) is 17.9 Å². The van der Waals surface area contributed by atoms with Gasteiger partial charge in [0, 0.05) is 17.6 Å². The summed E-state index contributed by atoms with van der Waals surface area (Å²) in [6.45, 7) is 0. The van der Waals surface area contributed by atoms with E-state index in [1.165, 1.54) is 23.8 Å². The Balaban J connectivity index is 2.01. The molecule has 1 fully saturated rings. The molecule has 3 nitrogen and oxygen atoms in total. The molecule has 1 heterocycles. The fourth-order valence-corrected chi connectivity index (χ4v) is 2.40. The van der Waals surface area contributed by atoms with Gasteiger partial charge in [0.2, 0.25) is 0 Å². The minimum atomic E-state index is 0.246. The van der Waals surface area contributed by atoms with Crippen molar-refractivity contribution in [2.75, 3.05) is 0 Å². The zero-order valence-electron chi connectivity index (χ0n) is 9.76. The predicted molar refractivity (Wildman–Crippen MR) is 69.1 cm³/mol. The molecule has 0 radical (unpaired) electrons. The van der Waals surface area contributed by atoms with E-state index in [2.05, 4.69) is 28.6 Å². The van der Waals surface area contributed by atoms with Crippen LogP contribution in [0, 0.1) is 5.92 Å². The highest BCUT2D eigenvalue weighted by Crippen LogP contribution is 2.38.